The van der Waals surface area contributed by atoms with Gasteiger partial charge in [-0.15, -0.1) is 11.3 Å². The van der Waals surface area contributed by atoms with Crippen LogP contribution in [0.15, 0.2) is 53.9 Å². The van der Waals surface area contributed by atoms with Gasteiger partial charge in [-0.25, -0.2) is 9.37 Å². The summed E-state index contributed by atoms with van der Waals surface area (Å²) >= 11 is 1.31. The summed E-state index contributed by atoms with van der Waals surface area (Å²) in [6, 6.07) is 11.3. The number of rotatable bonds is 3. The molecule has 2 aromatic carbocycles. The number of nitrogens with zero attached hydrogens (tertiary/aromatic N) is 1. The van der Waals surface area contributed by atoms with Crippen LogP contribution in [0.1, 0.15) is 16.1 Å². The predicted molar refractivity (Wildman–Crippen MR) is 87.9 cm³/mol. The monoisotopic (exact) mass is 349 g/mol. The van der Waals surface area contributed by atoms with Gasteiger partial charge in [0.05, 0.1) is 11.3 Å². The molecule has 3 aromatic rings. The molecule has 24 heavy (non-hydrogen) atoms. The Hall–Kier alpha value is -2.47. The van der Waals surface area contributed by atoms with Crippen LogP contribution in [0.5, 0.6) is 0 Å². The molecule has 0 fully saturated rings. The van der Waals surface area contributed by atoms with Crippen molar-refractivity contribution >= 4 is 23.5 Å². The minimum Gasteiger partial charge on any atom is -0.237 e. The average molecular weight is 349 g/mol. The molecule has 122 valence electrons. The van der Waals surface area contributed by atoms with Crippen molar-refractivity contribution in [3.63, 3.8) is 0 Å². The van der Waals surface area contributed by atoms with E-state index in [0.29, 0.717) is 10.7 Å². The lowest BCUT2D eigenvalue weighted by Crippen LogP contribution is -2.06. The third-order valence-corrected chi connectivity index (χ3v) is 4.14. The largest absolute Gasteiger partial charge is 0.416 e. The number of benzene rings is 2. The molecule has 0 saturated carbocycles. The van der Waals surface area contributed by atoms with Gasteiger partial charge in [-0.3, -0.25) is 0 Å². The third-order valence-electron chi connectivity index (χ3n) is 3.33. The first kappa shape index (κ1) is 16.4. The first-order chi connectivity index (χ1) is 11.4. The smallest absolute Gasteiger partial charge is 0.237 e. The molecule has 3 rings (SSSR count). The van der Waals surface area contributed by atoms with E-state index in [-0.39, 0.29) is 11.4 Å². The molecule has 0 saturated heterocycles. The van der Waals surface area contributed by atoms with Gasteiger partial charge in [0.25, 0.3) is 0 Å². The van der Waals surface area contributed by atoms with Crippen LogP contribution in [-0.2, 0) is 6.18 Å². The van der Waals surface area contributed by atoms with E-state index in [2.05, 4.69) is 4.98 Å². The van der Waals surface area contributed by atoms with Crippen molar-refractivity contribution in [2.75, 3.05) is 0 Å². The van der Waals surface area contributed by atoms with E-state index in [1.165, 1.54) is 41.7 Å². The number of hydrogen-bond acceptors (Lipinski definition) is 2. The normalized spacial score (nSPS) is 12.0. The summed E-state index contributed by atoms with van der Waals surface area (Å²) in [6.45, 7) is 0. The summed E-state index contributed by atoms with van der Waals surface area (Å²) in [4.78, 5) is 4.35. The van der Waals surface area contributed by atoms with E-state index in [0.717, 1.165) is 11.6 Å². The molecule has 0 aliphatic rings. The molecule has 6 heteroatoms. The maximum atomic E-state index is 13.0. The van der Waals surface area contributed by atoms with E-state index in [1.54, 1.807) is 29.7 Å². The lowest BCUT2D eigenvalue weighted by Gasteiger charge is -2.09. The maximum Gasteiger partial charge on any atom is 0.416 e. The SMILES string of the molecule is Fc1ccc(-c2csc(C=Cc3ccccc3C(F)(F)F)n2)cc1. The lowest BCUT2D eigenvalue weighted by atomic mass is 10.1. The van der Waals surface area contributed by atoms with Crippen molar-refractivity contribution in [1.29, 1.82) is 0 Å². The number of thiazole rings is 1. The van der Waals surface area contributed by atoms with E-state index in [4.69, 9.17) is 0 Å². The van der Waals surface area contributed by atoms with Gasteiger partial charge in [0.2, 0.25) is 0 Å². The fourth-order valence-electron chi connectivity index (χ4n) is 2.18. The molecule has 0 aliphatic heterocycles. The number of aromatic nitrogens is 1. The molecule has 0 amide bonds. The van der Waals surface area contributed by atoms with Gasteiger partial charge >= 0.3 is 6.18 Å². The zero-order chi connectivity index (χ0) is 17.2. The van der Waals surface area contributed by atoms with Gasteiger partial charge in [0.15, 0.2) is 0 Å². The molecule has 1 nitrogen and oxygen atoms in total. The van der Waals surface area contributed by atoms with E-state index >= 15 is 0 Å². The Morgan fingerprint density at radius 3 is 2.33 bits per heavy atom. The zero-order valence-electron chi connectivity index (χ0n) is 12.2. The highest BCUT2D eigenvalue weighted by Gasteiger charge is 2.32. The van der Waals surface area contributed by atoms with E-state index in [9.17, 15) is 17.6 Å². The Labute approximate surface area is 139 Å². The van der Waals surface area contributed by atoms with Crippen molar-refractivity contribution in [3.8, 4) is 11.3 Å². The van der Waals surface area contributed by atoms with Crippen LogP contribution in [0.4, 0.5) is 17.6 Å². The molecular weight excluding hydrogens is 338 g/mol. The highest BCUT2D eigenvalue weighted by Crippen LogP contribution is 2.33. The summed E-state index contributed by atoms with van der Waals surface area (Å²) in [5, 5.41) is 2.36. The average Bonchev–Trinajstić information content (AvgIpc) is 3.02. The molecule has 0 radical (unpaired) electrons. The Balaban J connectivity index is 1.85. The molecule has 0 bridgehead atoms. The van der Waals surface area contributed by atoms with Gasteiger partial charge in [-0.2, -0.15) is 13.2 Å². The number of alkyl halides is 3. The topological polar surface area (TPSA) is 12.9 Å². The highest BCUT2D eigenvalue weighted by atomic mass is 32.1. The maximum absolute atomic E-state index is 13.0. The second-order valence-electron chi connectivity index (χ2n) is 5.00. The Bertz CT molecular complexity index is 863. The first-order valence-corrected chi connectivity index (χ1v) is 7.87. The van der Waals surface area contributed by atoms with Gasteiger partial charge in [0, 0.05) is 10.9 Å². The van der Waals surface area contributed by atoms with Crippen LogP contribution in [-0.4, -0.2) is 4.98 Å². The minimum atomic E-state index is -4.40. The van der Waals surface area contributed by atoms with Crippen LogP contribution in [0.2, 0.25) is 0 Å². The molecule has 0 unspecified atom stereocenters. The fourth-order valence-corrected chi connectivity index (χ4v) is 2.90. The fraction of sp³-hybridized carbons (Fsp3) is 0.0556. The summed E-state index contributed by atoms with van der Waals surface area (Å²) in [5.41, 5.74) is 0.812. The van der Waals surface area contributed by atoms with E-state index < -0.39 is 11.7 Å². The Kier molecular flexibility index (Phi) is 4.49. The Morgan fingerprint density at radius 1 is 0.917 bits per heavy atom. The summed E-state index contributed by atoms with van der Waals surface area (Å²) < 4.78 is 51.8. The molecular formula is C18H11F4NS. The van der Waals surface area contributed by atoms with Gasteiger partial charge in [0.1, 0.15) is 10.8 Å². The number of halogens is 4. The van der Waals surface area contributed by atoms with E-state index in [1.807, 2.05) is 0 Å². The standard InChI is InChI=1S/C18H11F4NS/c19-14-8-5-13(6-9-14)16-11-24-17(23-16)10-7-12-3-1-2-4-15(12)18(20,21)22/h1-11H. The second-order valence-corrected chi connectivity index (χ2v) is 5.89. The molecule has 1 heterocycles. The van der Waals surface area contributed by atoms with Gasteiger partial charge < -0.3 is 0 Å². The quantitative estimate of drug-likeness (QED) is 0.518. The molecule has 0 spiro atoms. The second kappa shape index (κ2) is 6.57. The molecule has 0 atom stereocenters. The van der Waals surface area contributed by atoms with Gasteiger partial charge in [-0.05, 0) is 42.0 Å². The van der Waals surface area contributed by atoms with Crippen LogP contribution in [0.3, 0.4) is 0 Å². The summed E-state index contributed by atoms with van der Waals surface area (Å²) in [6.07, 6.45) is -1.46. The third kappa shape index (κ3) is 3.71. The minimum absolute atomic E-state index is 0.0866. The van der Waals surface area contributed by atoms with Gasteiger partial charge in [-0.1, -0.05) is 24.3 Å². The lowest BCUT2D eigenvalue weighted by molar-refractivity contribution is -0.137. The van der Waals surface area contributed by atoms with Crippen molar-refractivity contribution in [2.24, 2.45) is 0 Å². The van der Waals surface area contributed by atoms with Crippen LogP contribution >= 0.6 is 11.3 Å². The van der Waals surface area contributed by atoms with Crippen molar-refractivity contribution in [1.82, 2.24) is 4.98 Å². The van der Waals surface area contributed by atoms with Crippen LogP contribution in [0, 0.1) is 5.82 Å². The van der Waals surface area contributed by atoms with Crippen LogP contribution < -0.4 is 0 Å². The van der Waals surface area contributed by atoms with Crippen LogP contribution in [0.25, 0.3) is 23.4 Å². The van der Waals surface area contributed by atoms with Crippen molar-refractivity contribution in [3.05, 3.63) is 75.9 Å². The highest BCUT2D eigenvalue weighted by molar-refractivity contribution is 7.10. The molecule has 1 aromatic heterocycles. The predicted octanol–water partition coefficient (Wildman–Crippen LogP) is 6.14. The summed E-state index contributed by atoms with van der Waals surface area (Å²) in [5.74, 6) is -0.335. The van der Waals surface area contributed by atoms with Crippen molar-refractivity contribution in [2.45, 2.75) is 6.18 Å². The van der Waals surface area contributed by atoms with Crippen molar-refractivity contribution < 1.29 is 17.6 Å². The molecule has 0 N–H and O–H groups in total. The summed E-state index contributed by atoms with van der Waals surface area (Å²) in [7, 11) is 0. The first-order valence-electron chi connectivity index (χ1n) is 6.99. The molecule has 0 aliphatic carbocycles. The zero-order valence-corrected chi connectivity index (χ0v) is 13.0. The Morgan fingerprint density at radius 2 is 1.62 bits per heavy atom. The number of hydrogen-bond donors (Lipinski definition) is 0.